The second-order valence-corrected chi connectivity index (χ2v) is 4.89. The van der Waals surface area contributed by atoms with Crippen LogP contribution in [0.4, 0.5) is 0 Å². The van der Waals surface area contributed by atoms with Gasteiger partial charge in [-0.1, -0.05) is 13.3 Å². The van der Waals surface area contributed by atoms with Gasteiger partial charge >= 0.3 is 0 Å². The molecule has 5 heteroatoms. The van der Waals surface area contributed by atoms with Gasteiger partial charge in [0.2, 0.25) is 11.8 Å². The number of nitrogens with one attached hydrogen (secondary N) is 1. The summed E-state index contributed by atoms with van der Waals surface area (Å²) in [5, 5.41) is 2.81. The van der Waals surface area contributed by atoms with Crippen LogP contribution in [0.2, 0.25) is 0 Å². The average molecular weight is 264 g/mol. The molecule has 0 saturated carbocycles. The largest absolute Gasteiger partial charge is 0.467 e. The highest BCUT2D eigenvalue weighted by atomic mass is 16.3. The number of nitrogens with zero attached hydrogens (tertiary/aromatic N) is 1. The van der Waals surface area contributed by atoms with Gasteiger partial charge in [0.05, 0.1) is 18.7 Å². The van der Waals surface area contributed by atoms with Crippen molar-refractivity contribution in [1.29, 1.82) is 0 Å². The highest BCUT2D eigenvalue weighted by Crippen LogP contribution is 2.18. The van der Waals surface area contributed by atoms with Crippen LogP contribution in [0.5, 0.6) is 0 Å². The van der Waals surface area contributed by atoms with E-state index >= 15 is 0 Å². The Hall–Kier alpha value is -1.78. The molecule has 0 bridgehead atoms. The van der Waals surface area contributed by atoms with E-state index < -0.39 is 0 Å². The SMILES string of the molecule is CCCCN1C[C@H](C(=O)NCc2ccco2)CC1=O. The Morgan fingerprint density at radius 1 is 1.58 bits per heavy atom. The predicted molar refractivity (Wildman–Crippen MR) is 70.1 cm³/mol. The average Bonchev–Trinajstić information content (AvgIpc) is 3.03. The molecular formula is C14H20N2O3. The summed E-state index contributed by atoms with van der Waals surface area (Å²) in [5.74, 6) is 0.523. The van der Waals surface area contributed by atoms with Crippen LogP contribution in [0.25, 0.3) is 0 Å². The Labute approximate surface area is 113 Å². The third-order valence-corrected chi connectivity index (χ3v) is 3.38. The number of unbranched alkanes of at least 4 members (excludes halogenated alkanes) is 1. The molecule has 1 fully saturated rings. The van der Waals surface area contributed by atoms with E-state index in [4.69, 9.17) is 4.42 Å². The van der Waals surface area contributed by atoms with Crippen LogP contribution in [0, 0.1) is 5.92 Å². The normalized spacial score (nSPS) is 18.9. The van der Waals surface area contributed by atoms with Gasteiger partial charge in [0, 0.05) is 19.5 Å². The van der Waals surface area contributed by atoms with Crippen LogP contribution in [-0.4, -0.2) is 29.8 Å². The van der Waals surface area contributed by atoms with Gasteiger partial charge in [0.15, 0.2) is 0 Å². The molecule has 2 heterocycles. The summed E-state index contributed by atoms with van der Waals surface area (Å²) in [6, 6.07) is 3.60. The predicted octanol–water partition coefficient (Wildman–Crippen LogP) is 1.54. The lowest BCUT2D eigenvalue weighted by Gasteiger charge is -2.15. The van der Waals surface area contributed by atoms with Crippen molar-refractivity contribution in [3.63, 3.8) is 0 Å². The molecule has 0 radical (unpaired) electrons. The lowest BCUT2D eigenvalue weighted by Crippen LogP contribution is -2.32. The molecule has 1 saturated heterocycles. The van der Waals surface area contributed by atoms with Crippen molar-refractivity contribution in [2.75, 3.05) is 13.1 Å². The lowest BCUT2D eigenvalue weighted by molar-refractivity contribution is -0.129. The second-order valence-electron chi connectivity index (χ2n) is 4.89. The van der Waals surface area contributed by atoms with Crippen molar-refractivity contribution in [1.82, 2.24) is 10.2 Å². The number of furan rings is 1. The molecule has 1 aromatic rings. The third-order valence-electron chi connectivity index (χ3n) is 3.38. The zero-order chi connectivity index (χ0) is 13.7. The molecule has 1 aliphatic heterocycles. The standard InChI is InChI=1S/C14H20N2O3/c1-2-3-6-16-10-11(8-13(16)17)14(18)15-9-12-5-4-7-19-12/h4-5,7,11H,2-3,6,8-10H2,1H3,(H,15,18)/t11-/m1/s1. The van der Waals surface area contributed by atoms with Crippen LogP contribution in [0.15, 0.2) is 22.8 Å². The summed E-state index contributed by atoms with van der Waals surface area (Å²) < 4.78 is 5.15. The monoisotopic (exact) mass is 264 g/mol. The van der Waals surface area contributed by atoms with E-state index in [-0.39, 0.29) is 17.7 Å². The molecule has 0 unspecified atom stereocenters. The number of amides is 2. The molecule has 104 valence electrons. The van der Waals surface area contributed by atoms with Gasteiger partial charge in [0.1, 0.15) is 5.76 Å². The van der Waals surface area contributed by atoms with E-state index in [9.17, 15) is 9.59 Å². The Balaban J connectivity index is 1.79. The number of hydrogen-bond donors (Lipinski definition) is 1. The van der Waals surface area contributed by atoms with E-state index in [1.165, 1.54) is 0 Å². The number of rotatable bonds is 6. The number of carbonyl (C=O) groups is 2. The quantitative estimate of drug-likeness (QED) is 0.847. The lowest BCUT2D eigenvalue weighted by atomic mass is 10.1. The maximum absolute atomic E-state index is 12.0. The highest BCUT2D eigenvalue weighted by Gasteiger charge is 2.33. The fraction of sp³-hybridized carbons (Fsp3) is 0.571. The molecular weight excluding hydrogens is 244 g/mol. The minimum Gasteiger partial charge on any atom is -0.467 e. The second kappa shape index (κ2) is 6.41. The van der Waals surface area contributed by atoms with Crippen molar-refractivity contribution in [2.45, 2.75) is 32.7 Å². The van der Waals surface area contributed by atoms with Crippen molar-refractivity contribution >= 4 is 11.8 Å². The van der Waals surface area contributed by atoms with E-state index in [1.54, 1.807) is 17.2 Å². The van der Waals surface area contributed by atoms with Crippen LogP contribution >= 0.6 is 0 Å². The van der Waals surface area contributed by atoms with Crippen LogP contribution in [0.1, 0.15) is 31.9 Å². The first-order chi connectivity index (χ1) is 9.20. The summed E-state index contributed by atoms with van der Waals surface area (Å²) in [4.78, 5) is 25.5. The van der Waals surface area contributed by atoms with Crippen LogP contribution in [-0.2, 0) is 16.1 Å². The first-order valence-corrected chi connectivity index (χ1v) is 6.78. The molecule has 1 N–H and O–H groups in total. The van der Waals surface area contributed by atoms with E-state index in [0.29, 0.717) is 19.5 Å². The summed E-state index contributed by atoms with van der Waals surface area (Å²) in [7, 11) is 0. The molecule has 0 aliphatic carbocycles. The van der Waals surface area contributed by atoms with Gasteiger partial charge in [-0.3, -0.25) is 9.59 Å². The van der Waals surface area contributed by atoms with Gasteiger partial charge in [-0.05, 0) is 18.6 Å². The fourth-order valence-electron chi connectivity index (χ4n) is 2.24. The molecule has 2 amide bonds. The van der Waals surface area contributed by atoms with Gasteiger partial charge in [-0.15, -0.1) is 0 Å². The number of hydrogen-bond acceptors (Lipinski definition) is 3. The van der Waals surface area contributed by atoms with E-state index in [1.807, 2.05) is 6.07 Å². The first-order valence-electron chi connectivity index (χ1n) is 6.78. The van der Waals surface area contributed by atoms with Crippen LogP contribution in [0.3, 0.4) is 0 Å². The Bertz CT molecular complexity index is 428. The molecule has 1 atom stereocenters. The van der Waals surface area contributed by atoms with Crippen molar-refractivity contribution in [3.8, 4) is 0 Å². The Morgan fingerprint density at radius 2 is 2.42 bits per heavy atom. The van der Waals surface area contributed by atoms with Gasteiger partial charge in [0.25, 0.3) is 0 Å². The fourth-order valence-corrected chi connectivity index (χ4v) is 2.24. The molecule has 5 nitrogen and oxygen atoms in total. The van der Waals surface area contributed by atoms with Crippen molar-refractivity contribution < 1.29 is 14.0 Å². The van der Waals surface area contributed by atoms with E-state index in [0.717, 1.165) is 25.1 Å². The third kappa shape index (κ3) is 3.59. The molecule has 1 aliphatic rings. The van der Waals surface area contributed by atoms with E-state index in [2.05, 4.69) is 12.2 Å². The molecule has 19 heavy (non-hydrogen) atoms. The number of carbonyl (C=O) groups excluding carboxylic acids is 2. The number of likely N-dealkylation sites (tertiary alicyclic amines) is 1. The summed E-state index contributed by atoms with van der Waals surface area (Å²) in [6.07, 6.45) is 3.95. The Kier molecular flexibility index (Phi) is 4.60. The summed E-state index contributed by atoms with van der Waals surface area (Å²) in [5.41, 5.74) is 0. The minimum atomic E-state index is -0.223. The smallest absolute Gasteiger partial charge is 0.225 e. The van der Waals surface area contributed by atoms with Crippen molar-refractivity contribution in [3.05, 3.63) is 24.2 Å². The zero-order valence-electron chi connectivity index (χ0n) is 11.2. The first kappa shape index (κ1) is 13.6. The van der Waals surface area contributed by atoms with Gasteiger partial charge in [-0.2, -0.15) is 0 Å². The Morgan fingerprint density at radius 3 is 3.11 bits per heavy atom. The highest BCUT2D eigenvalue weighted by molar-refractivity contribution is 5.89. The molecule has 2 rings (SSSR count). The van der Waals surface area contributed by atoms with Gasteiger partial charge < -0.3 is 14.6 Å². The minimum absolute atomic E-state index is 0.0660. The maximum Gasteiger partial charge on any atom is 0.225 e. The summed E-state index contributed by atoms with van der Waals surface area (Å²) in [6.45, 7) is 3.78. The zero-order valence-corrected chi connectivity index (χ0v) is 11.2. The topological polar surface area (TPSA) is 62.6 Å². The van der Waals surface area contributed by atoms with Crippen LogP contribution < -0.4 is 5.32 Å². The molecule has 0 spiro atoms. The van der Waals surface area contributed by atoms with Gasteiger partial charge in [-0.25, -0.2) is 0 Å². The maximum atomic E-state index is 12.0. The molecule has 0 aromatic carbocycles. The summed E-state index contributed by atoms with van der Waals surface area (Å²) >= 11 is 0. The van der Waals surface area contributed by atoms with Crippen molar-refractivity contribution in [2.24, 2.45) is 5.92 Å². The molecule has 1 aromatic heterocycles.